The zero-order chi connectivity index (χ0) is 11.2. The third-order valence-corrected chi connectivity index (χ3v) is 2.99. The van der Waals surface area contributed by atoms with Crippen LogP contribution in [0.3, 0.4) is 0 Å². The van der Waals surface area contributed by atoms with Crippen LogP contribution in [0, 0.1) is 11.7 Å². The molecule has 1 heterocycles. The van der Waals surface area contributed by atoms with Crippen molar-refractivity contribution < 1.29 is 9.13 Å². The van der Waals surface area contributed by atoms with Crippen molar-refractivity contribution in [3.8, 4) is 5.75 Å². The van der Waals surface area contributed by atoms with E-state index in [0.29, 0.717) is 18.3 Å². The first-order chi connectivity index (χ1) is 7.84. The van der Waals surface area contributed by atoms with Gasteiger partial charge in [0.2, 0.25) is 0 Å². The molecular weight excluding hydrogens is 205 g/mol. The minimum atomic E-state index is -0.239. The lowest BCUT2D eigenvalue weighted by molar-refractivity contribution is 0.253. The van der Waals surface area contributed by atoms with Crippen molar-refractivity contribution in [1.29, 1.82) is 0 Å². The molecular formula is C13H18FNO. The molecule has 1 unspecified atom stereocenters. The quantitative estimate of drug-likeness (QED) is 0.847. The van der Waals surface area contributed by atoms with Gasteiger partial charge in [-0.2, -0.15) is 0 Å². The van der Waals surface area contributed by atoms with Crippen LogP contribution in [0.15, 0.2) is 24.3 Å². The summed E-state index contributed by atoms with van der Waals surface area (Å²) in [6, 6.07) is 6.33. The molecule has 2 nitrogen and oxygen atoms in total. The first-order valence-electron chi connectivity index (χ1n) is 5.94. The van der Waals surface area contributed by atoms with Gasteiger partial charge in [0.05, 0.1) is 6.61 Å². The van der Waals surface area contributed by atoms with E-state index in [9.17, 15) is 4.39 Å². The Labute approximate surface area is 95.8 Å². The number of hydrogen-bond donors (Lipinski definition) is 1. The van der Waals surface area contributed by atoms with Crippen molar-refractivity contribution >= 4 is 0 Å². The molecule has 0 spiro atoms. The molecule has 0 aromatic heterocycles. The molecule has 0 saturated carbocycles. The van der Waals surface area contributed by atoms with Crippen LogP contribution in [0.4, 0.5) is 4.39 Å². The predicted molar refractivity (Wildman–Crippen MR) is 62.1 cm³/mol. The Kier molecular flexibility index (Phi) is 4.17. The molecule has 0 radical (unpaired) electrons. The number of ether oxygens (including phenoxy) is 1. The summed E-state index contributed by atoms with van der Waals surface area (Å²) in [5.41, 5.74) is 0. The molecule has 1 fully saturated rings. The van der Waals surface area contributed by atoms with Crippen LogP contribution >= 0.6 is 0 Å². The van der Waals surface area contributed by atoms with Crippen LogP contribution in [0.5, 0.6) is 5.75 Å². The highest BCUT2D eigenvalue weighted by Crippen LogP contribution is 2.16. The summed E-state index contributed by atoms with van der Waals surface area (Å²) in [5, 5.41) is 3.38. The van der Waals surface area contributed by atoms with E-state index in [1.165, 1.54) is 25.0 Å². The number of hydrogen-bond acceptors (Lipinski definition) is 2. The number of piperidine rings is 1. The standard InChI is InChI=1S/C13H18FNO/c14-12-4-1-5-13(9-12)16-8-6-11-3-2-7-15-10-11/h1,4-5,9,11,15H,2-3,6-8,10H2. The van der Waals surface area contributed by atoms with Gasteiger partial charge < -0.3 is 10.1 Å². The van der Waals surface area contributed by atoms with Crippen molar-refractivity contribution in [3.05, 3.63) is 30.1 Å². The molecule has 1 aliphatic heterocycles. The topological polar surface area (TPSA) is 21.3 Å². The molecule has 1 saturated heterocycles. The molecule has 16 heavy (non-hydrogen) atoms. The second kappa shape index (κ2) is 5.85. The van der Waals surface area contributed by atoms with Gasteiger partial charge in [0.25, 0.3) is 0 Å². The lowest BCUT2D eigenvalue weighted by Crippen LogP contribution is -2.30. The predicted octanol–water partition coefficient (Wildman–Crippen LogP) is 2.59. The summed E-state index contributed by atoms with van der Waals surface area (Å²) in [4.78, 5) is 0. The van der Waals surface area contributed by atoms with Crippen LogP contribution in [0.2, 0.25) is 0 Å². The summed E-state index contributed by atoms with van der Waals surface area (Å²) >= 11 is 0. The lowest BCUT2D eigenvalue weighted by Gasteiger charge is -2.22. The maximum Gasteiger partial charge on any atom is 0.126 e. The molecule has 3 heteroatoms. The maximum absolute atomic E-state index is 12.9. The minimum absolute atomic E-state index is 0.239. The van der Waals surface area contributed by atoms with Gasteiger partial charge in [-0.25, -0.2) is 4.39 Å². The average Bonchev–Trinajstić information content (AvgIpc) is 2.30. The third kappa shape index (κ3) is 3.49. The highest BCUT2D eigenvalue weighted by Gasteiger charge is 2.12. The average molecular weight is 223 g/mol. The van der Waals surface area contributed by atoms with Gasteiger partial charge in [-0.3, -0.25) is 0 Å². The first kappa shape index (κ1) is 11.4. The first-order valence-corrected chi connectivity index (χ1v) is 5.94. The molecule has 0 amide bonds. The Morgan fingerprint density at radius 1 is 1.44 bits per heavy atom. The number of benzene rings is 1. The summed E-state index contributed by atoms with van der Waals surface area (Å²) < 4.78 is 18.4. The fraction of sp³-hybridized carbons (Fsp3) is 0.538. The Morgan fingerprint density at radius 3 is 3.12 bits per heavy atom. The summed E-state index contributed by atoms with van der Waals surface area (Å²) in [6.07, 6.45) is 3.58. The van der Waals surface area contributed by atoms with Crippen LogP contribution in [0.1, 0.15) is 19.3 Å². The molecule has 88 valence electrons. The van der Waals surface area contributed by atoms with Crippen LogP contribution in [-0.2, 0) is 0 Å². The molecule has 0 bridgehead atoms. The van der Waals surface area contributed by atoms with Gasteiger partial charge in [0.15, 0.2) is 0 Å². The highest BCUT2D eigenvalue weighted by molar-refractivity contribution is 5.22. The second-order valence-corrected chi connectivity index (χ2v) is 4.31. The Hall–Kier alpha value is -1.09. The zero-order valence-corrected chi connectivity index (χ0v) is 9.42. The van der Waals surface area contributed by atoms with E-state index < -0.39 is 0 Å². The van der Waals surface area contributed by atoms with Crippen molar-refractivity contribution in [3.63, 3.8) is 0 Å². The Bertz CT molecular complexity index is 323. The monoisotopic (exact) mass is 223 g/mol. The van der Waals surface area contributed by atoms with Crippen molar-refractivity contribution in [2.45, 2.75) is 19.3 Å². The van der Waals surface area contributed by atoms with Gasteiger partial charge in [-0.05, 0) is 50.4 Å². The molecule has 0 aliphatic carbocycles. The fourth-order valence-corrected chi connectivity index (χ4v) is 2.07. The normalized spacial score (nSPS) is 20.7. The molecule has 1 aromatic rings. The number of nitrogens with one attached hydrogen (secondary N) is 1. The van der Waals surface area contributed by atoms with Gasteiger partial charge in [-0.15, -0.1) is 0 Å². The van der Waals surface area contributed by atoms with E-state index in [-0.39, 0.29) is 5.82 Å². The van der Waals surface area contributed by atoms with Crippen LogP contribution in [0.25, 0.3) is 0 Å². The fourth-order valence-electron chi connectivity index (χ4n) is 2.07. The smallest absolute Gasteiger partial charge is 0.126 e. The Morgan fingerprint density at radius 2 is 2.38 bits per heavy atom. The molecule has 1 N–H and O–H groups in total. The number of rotatable bonds is 4. The summed E-state index contributed by atoms with van der Waals surface area (Å²) in [7, 11) is 0. The highest BCUT2D eigenvalue weighted by atomic mass is 19.1. The maximum atomic E-state index is 12.9. The van der Waals surface area contributed by atoms with E-state index in [2.05, 4.69) is 5.32 Å². The zero-order valence-electron chi connectivity index (χ0n) is 9.42. The molecule has 1 aliphatic rings. The van der Waals surface area contributed by atoms with Crippen molar-refractivity contribution in [2.24, 2.45) is 5.92 Å². The SMILES string of the molecule is Fc1cccc(OCCC2CCCNC2)c1. The summed E-state index contributed by atoms with van der Waals surface area (Å²) in [5.74, 6) is 1.10. The Balaban J connectivity index is 1.71. The van der Waals surface area contributed by atoms with Crippen LogP contribution in [-0.4, -0.2) is 19.7 Å². The van der Waals surface area contributed by atoms with E-state index in [4.69, 9.17) is 4.74 Å². The van der Waals surface area contributed by atoms with Gasteiger partial charge >= 0.3 is 0 Å². The largest absolute Gasteiger partial charge is 0.493 e. The van der Waals surface area contributed by atoms with Gasteiger partial charge in [0, 0.05) is 6.07 Å². The van der Waals surface area contributed by atoms with Gasteiger partial charge in [-0.1, -0.05) is 6.07 Å². The third-order valence-electron chi connectivity index (χ3n) is 2.99. The summed E-state index contributed by atoms with van der Waals surface area (Å²) in [6.45, 7) is 2.91. The van der Waals surface area contributed by atoms with Gasteiger partial charge in [0.1, 0.15) is 11.6 Å². The number of halogens is 1. The molecule has 1 aromatic carbocycles. The molecule has 1 atom stereocenters. The minimum Gasteiger partial charge on any atom is -0.493 e. The lowest BCUT2D eigenvalue weighted by atomic mass is 9.97. The van der Waals surface area contributed by atoms with E-state index in [1.807, 2.05) is 0 Å². The van der Waals surface area contributed by atoms with E-state index >= 15 is 0 Å². The van der Waals surface area contributed by atoms with Crippen molar-refractivity contribution in [2.75, 3.05) is 19.7 Å². The second-order valence-electron chi connectivity index (χ2n) is 4.31. The van der Waals surface area contributed by atoms with Crippen LogP contribution < -0.4 is 10.1 Å². The van der Waals surface area contributed by atoms with E-state index in [0.717, 1.165) is 19.5 Å². The molecule has 2 rings (SSSR count). The van der Waals surface area contributed by atoms with Crippen molar-refractivity contribution in [1.82, 2.24) is 5.32 Å². The van der Waals surface area contributed by atoms with E-state index in [1.54, 1.807) is 12.1 Å².